The summed E-state index contributed by atoms with van der Waals surface area (Å²) in [6.07, 6.45) is 2.38. The molecule has 0 spiro atoms. The van der Waals surface area contributed by atoms with Crippen LogP contribution in [0.15, 0.2) is 5.38 Å². The number of carbonyl (C=O) groups excluding carboxylic acids is 1. The number of hydrogen-bond donors (Lipinski definition) is 2. The summed E-state index contributed by atoms with van der Waals surface area (Å²) in [4.78, 5) is 15.6. The number of thiazole rings is 1. The molecular formula is C10H17N3OS2. The van der Waals surface area contributed by atoms with Crippen LogP contribution in [0.4, 0.5) is 5.13 Å². The first-order chi connectivity index (χ1) is 7.61. The summed E-state index contributed by atoms with van der Waals surface area (Å²) in [5, 5.41) is 5.23. The molecule has 3 N–H and O–H groups in total. The van der Waals surface area contributed by atoms with E-state index >= 15 is 0 Å². The summed E-state index contributed by atoms with van der Waals surface area (Å²) in [6.45, 7) is 2.84. The first kappa shape index (κ1) is 13.3. The number of hydrogen-bond acceptors (Lipinski definition) is 5. The Morgan fingerprint density at radius 3 is 3.06 bits per heavy atom. The minimum absolute atomic E-state index is 0.0123. The fourth-order valence-electron chi connectivity index (χ4n) is 1.26. The lowest BCUT2D eigenvalue weighted by atomic mass is 10.2. The highest BCUT2D eigenvalue weighted by atomic mass is 32.2. The van der Waals surface area contributed by atoms with E-state index in [0.717, 1.165) is 18.0 Å². The molecule has 1 unspecified atom stereocenters. The van der Waals surface area contributed by atoms with E-state index in [1.54, 1.807) is 11.8 Å². The molecule has 0 aliphatic rings. The summed E-state index contributed by atoms with van der Waals surface area (Å²) < 4.78 is 0. The molecule has 0 fully saturated rings. The van der Waals surface area contributed by atoms with Crippen LogP contribution in [-0.2, 0) is 11.2 Å². The fourth-order valence-corrected chi connectivity index (χ4v) is 2.51. The molecule has 1 aromatic rings. The van der Waals surface area contributed by atoms with Gasteiger partial charge in [0.15, 0.2) is 5.13 Å². The van der Waals surface area contributed by atoms with E-state index < -0.39 is 0 Å². The molecule has 0 saturated heterocycles. The number of nitrogens with zero attached hydrogens (tertiary/aromatic N) is 1. The highest BCUT2D eigenvalue weighted by Crippen LogP contribution is 2.11. The van der Waals surface area contributed by atoms with Gasteiger partial charge in [0.05, 0.1) is 12.1 Å². The number of thioether (sulfide) groups is 1. The van der Waals surface area contributed by atoms with Gasteiger partial charge in [0.25, 0.3) is 0 Å². The van der Waals surface area contributed by atoms with Crippen molar-refractivity contribution in [2.45, 2.75) is 13.3 Å². The first-order valence-electron chi connectivity index (χ1n) is 5.07. The van der Waals surface area contributed by atoms with Gasteiger partial charge >= 0.3 is 0 Å². The number of amides is 1. The van der Waals surface area contributed by atoms with Crippen molar-refractivity contribution in [1.29, 1.82) is 0 Å². The second-order valence-corrected chi connectivity index (χ2v) is 5.52. The average Bonchev–Trinajstić information content (AvgIpc) is 2.61. The van der Waals surface area contributed by atoms with Gasteiger partial charge in [0.2, 0.25) is 5.91 Å². The van der Waals surface area contributed by atoms with Gasteiger partial charge < -0.3 is 11.1 Å². The third kappa shape index (κ3) is 4.85. The Morgan fingerprint density at radius 2 is 2.50 bits per heavy atom. The van der Waals surface area contributed by atoms with Crippen molar-refractivity contribution in [3.8, 4) is 0 Å². The van der Waals surface area contributed by atoms with E-state index in [0.29, 0.717) is 17.5 Å². The fraction of sp³-hybridized carbons (Fsp3) is 0.600. The lowest BCUT2D eigenvalue weighted by molar-refractivity contribution is -0.120. The number of nitrogen functional groups attached to an aromatic ring is 1. The number of rotatable bonds is 6. The predicted molar refractivity (Wildman–Crippen MR) is 70.8 cm³/mol. The summed E-state index contributed by atoms with van der Waals surface area (Å²) in [5.74, 6) is 1.57. The smallest absolute Gasteiger partial charge is 0.226 e. The van der Waals surface area contributed by atoms with Crippen LogP contribution < -0.4 is 11.1 Å². The van der Waals surface area contributed by atoms with Crippen molar-refractivity contribution in [1.82, 2.24) is 10.3 Å². The second-order valence-electron chi connectivity index (χ2n) is 3.72. The van der Waals surface area contributed by atoms with E-state index in [9.17, 15) is 4.79 Å². The molecule has 1 atom stereocenters. The van der Waals surface area contributed by atoms with Crippen LogP contribution in [0.5, 0.6) is 0 Å². The lowest BCUT2D eigenvalue weighted by Crippen LogP contribution is -2.30. The van der Waals surface area contributed by atoms with Crippen molar-refractivity contribution in [2.75, 3.05) is 24.3 Å². The van der Waals surface area contributed by atoms with Gasteiger partial charge in [-0.25, -0.2) is 4.98 Å². The molecule has 0 aliphatic carbocycles. The third-order valence-electron chi connectivity index (χ3n) is 2.01. The molecule has 1 aromatic heterocycles. The Hall–Kier alpha value is -0.750. The Morgan fingerprint density at radius 1 is 1.75 bits per heavy atom. The molecule has 0 bridgehead atoms. The van der Waals surface area contributed by atoms with Crippen LogP contribution in [-0.4, -0.2) is 29.4 Å². The molecule has 0 radical (unpaired) electrons. The maximum Gasteiger partial charge on any atom is 0.226 e. The average molecular weight is 259 g/mol. The van der Waals surface area contributed by atoms with Gasteiger partial charge in [-0.05, 0) is 17.9 Å². The number of aromatic nitrogens is 1. The first-order valence-corrected chi connectivity index (χ1v) is 7.34. The van der Waals surface area contributed by atoms with E-state index in [2.05, 4.69) is 23.5 Å². The standard InChI is InChI=1S/C10H17N3OS2/c1-7(5-15-2)4-12-9(14)3-8-6-16-10(11)13-8/h6-7H,3-5H2,1-2H3,(H2,11,13)(H,12,14). The normalized spacial score (nSPS) is 12.4. The molecule has 1 amide bonds. The number of carbonyl (C=O) groups is 1. The van der Waals surface area contributed by atoms with Crippen LogP contribution >= 0.6 is 23.1 Å². The lowest BCUT2D eigenvalue weighted by Gasteiger charge is -2.10. The molecule has 6 heteroatoms. The van der Waals surface area contributed by atoms with Crippen LogP contribution in [0.2, 0.25) is 0 Å². The largest absolute Gasteiger partial charge is 0.375 e. The monoisotopic (exact) mass is 259 g/mol. The van der Waals surface area contributed by atoms with Crippen LogP contribution in [0.3, 0.4) is 0 Å². The van der Waals surface area contributed by atoms with E-state index in [1.807, 2.05) is 5.38 Å². The van der Waals surface area contributed by atoms with Gasteiger partial charge in [-0.3, -0.25) is 4.79 Å². The zero-order valence-electron chi connectivity index (χ0n) is 9.53. The maximum absolute atomic E-state index is 11.5. The molecule has 16 heavy (non-hydrogen) atoms. The minimum atomic E-state index is 0.0123. The number of nitrogens with one attached hydrogen (secondary N) is 1. The van der Waals surface area contributed by atoms with Crippen molar-refractivity contribution < 1.29 is 4.79 Å². The minimum Gasteiger partial charge on any atom is -0.375 e. The van der Waals surface area contributed by atoms with Gasteiger partial charge in [-0.15, -0.1) is 11.3 Å². The van der Waals surface area contributed by atoms with E-state index in [4.69, 9.17) is 5.73 Å². The number of anilines is 1. The molecule has 0 aromatic carbocycles. The highest BCUT2D eigenvalue weighted by Gasteiger charge is 2.08. The maximum atomic E-state index is 11.5. The Bertz CT molecular complexity index is 341. The van der Waals surface area contributed by atoms with Gasteiger partial charge in [-0.1, -0.05) is 6.92 Å². The number of nitrogens with two attached hydrogens (primary N) is 1. The Labute approximate surface area is 104 Å². The zero-order chi connectivity index (χ0) is 12.0. The Kier molecular flexibility index (Phi) is 5.62. The zero-order valence-corrected chi connectivity index (χ0v) is 11.2. The van der Waals surface area contributed by atoms with Crippen LogP contribution in [0, 0.1) is 5.92 Å². The van der Waals surface area contributed by atoms with Gasteiger partial charge in [-0.2, -0.15) is 11.8 Å². The molecule has 0 saturated carbocycles. The molecule has 4 nitrogen and oxygen atoms in total. The quantitative estimate of drug-likeness (QED) is 0.810. The van der Waals surface area contributed by atoms with Crippen molar-refractivity contribution in [2.24, 2.45) is 5.92 Å². The summed E-state index contributed by atoms with van der Waals surface area (Å²) in [6, 6.07) is 0. The summed E-state index contributed by atoms with van der Waals surface area (Å²) in [7, 11) is 0. The molecule has 0 aliphatic heterocycles. The van der Waals surface area contributed by atoms with E-state index in [1.165, 1.54) is 11.3 Å². The van der Waals surface area contributed by atoms with Crippen LogP contribution in [0.1, 0.15) is 12.6 Å². The molecule has 90 valence electrons. The SMILES string of the molecule is CSCC(C)CNC(=O)Cc1csc(N)n1. The van der Waals surface area contributed by atoms with Crippen molar-refractivity contribution in [3.05, 3.63) is 11.1 Å². The van der Waals surface area contributed by atoms with Gasteiger partial charge in [0.1, 0.15) is 0 Å². The third-order valence-corrected chi connectivity index (χ3v) is 3.64. The van der Waals surface area contributed by atoms with Crippen molar-refractivity contribution >= 4 is 34.1 Å². The molecule has 1 heterocycles. The van der Waals surface area contributed by atoms with Crippen LogP contribution in [0.25, 0.3) is 0 Å². The predicted octanol–water partition coefficient (Wildman–Crippen LogP) is 1.38. The second kappa shape index (κ2) is 6.75. The summed E-state index contributed by atoms with van der Waals surface area (Å²) >= 11 is 3.15. The summed E-state index contributed by atoms with van der Waals surface area (Å²) in [5.41, 5.74) is 6.24. The van der Waals surface area contributed by atoms with Gasteiger partial charge in [0, 0.05) is 11.9 Å². The molecule has 1 rings (SSSR count). The topological polar surface area (TPSA) is 68.0 Å². The highest BCUT2D eigenvalue weighted by molar-refractivity contribution is 7.98. The molecular weight excluding hydrogens is 242 g/mol. The van der Waals surface area contributed by atoms with Crippen molar-refractivity contribution in [3.63, 3.8) is 0 Å². The Balaban J connectivity index is 2.26. The van der Waals surface area contributed by atoms with E-state index in [-0.39, 0.29) is 5.91 Å².